The summed E-state index contributed by atoms with van der Waals surface area (Å²) in [7, 11) is -2.24. The average Bonchev–Trinajstić information content (AvgIpc) is 2.73. The van der Waals surface area contributed by atoms with Crippen LogP contribution in [-0.4, -0.2) is 26.5 Å². The number of phenolic OH excluding ortho intramolecular Hbond substituents is 1. The summed E-state index contributed by atoms with van der Waals surface area (Å²) in [6.45, 7) is 1.81. The second kappa shape index (κ2) is 8.36. The predicted molar refractivity (Wildman–Crippen MR) is 112 cm³/mol. The van der Waals surface area contributed by atoms with Crippen molar-refractivity contribution in [2.24, 2.45) is 0 Å². The number of amides is 1. The van der Waals surface area contributed by atoms with Crippen LogP contribution in [0, 0.1) is 0 Å². The molecule has 0 spiro atoms. The van der Waals surface area contributed by atoms with E-state index < -0.39 is 10.0 Å². The van der Waals surface area contributed by atoms with Crippen LogP contribution in [-0.2, 0) is 10.0 Å². The van der Waals surface area contributed by atoms with Crippen LogP contribution in [0.5, 0.6) is 5.75 Å². The molecule has 3 aromatic rings. The van der Waals surface area contributed by atoms with Crippen LogP contribution in [0.1, 0.15) is 28.9 Å². The number of nitrogens with one attached hydrogen (secondary N) is 1. The topological polar surface area (TPSA) is 86.7 Å². The van der Waals surface area contributed by atoms with Crippen molar-refractivity contribution in [2.75, 3.05) is 11.4 Å². The Balaban J connectivity index is 1.74. The maximum atomic E-state index is 12.8. The zero-order valence-corrected chi connectivity index (χ0v) is 16.9. The van der Waals surface area contributed by atoms with Crippen LogP contribution >= 0.6 is 0 Å². The number of carbonyl (C=O) groups excluding carboxylic acids is 1. The van der Waals surface area contributed by atoms with Crippen LogP contribution in [0.4, 0.5) is 5.69 Å². The van der Waals surface area contributed by atoms with Gasteiger partial charge in [-0.25, -0.2) is 8.42 Å². The molecule has 3 rings (SSSR count). The minimum Gasteiger partial charge on any atom is -0.508 e. The second-order valence-corrected chi connectivity index (χ2v) is 8.59. The zero-order valence-electron chi connectivity index (χ0n) is 16.1. The monoisotopic (exact) mass is 410 g/mol. The number of hydrogen-bond acceptors (Lipinski definition) is 4. The highest BCUT2D eigenvalue weighted by Gasteiger charge is 2.21. The number of phenols is 1. The lowest BCUT2D eigenvalue weighted by atomic mass is 10.1. The Kier molecular flexibility index (Phi) is 5.89. The molecule has 7 heteroatoms. The van der Waals surface area contributed by atoms with E-state index in [1.165, 1.54) is 35.6 Å². The SMILES string of the molecule is CC(NC(=O)c1ccc(S(=O)(=O)N(C)c2ccccc2)cc1)c1cccc(O)c1. The van der Waals surface area contributed by atoms with Gasteiger partial charge in [-0.2, -0.15) is 0 Å². The molecule has 29 heavy (non-hydrogen) atoms. The molecular weight excluding hydrogens is 388 g/mol. The predicted octanol–water partition coefficient (Wildman–Crippen LogP) is 3.71. The summed E-state index contributed by atoms with van der Waals surface area (Å²) in [6, 6.07) is 20.9. The van der Waals surface area contributed by atoms with Crippen molar-refractivity contribution in [3.8, 4) is 5.75 Å². The number of anilines is 1. The number of aromatic hydroxyl groups is 1. The van der Waals surface area contributed by atoms with E-state index in [4.69, 9.17) is 0 Å². The lowest BCUT2D eigenvalue weighted by molar-refractivity contribution is 0.0939. The normalized spacial score (nSPS) is 12.2. The third-order valence-electron chi connectivity index (χ3n) is 4.61. The molecule has 0 aliphatic rings. The molecular formula is C22H22N2O4S. The van der Waals surface area contributed by atoms with Gasteiger partial charge in [0.15, 0.2) is 0 Å². The van der Waals surface area contributed by atoms with Crippen molar-refractivity contribution >= 4 is 21.6 Å². The number of hydrogen-bond donors (Lipinski definition) is 2. The maximum absolute atomic E-state index is 12.8. The average molecular weight is 410 g/mol. The fourth-order valence-electron chi connectivity index (χ4n) is 2.87. The van der Waals surface area contributed by atoms with Crippen molar-refractivity contribution in [1.82, 2.24) is 5.32 Å². The lowest BCUT2D eigenvalue weighted by Gasteiger charge is -2.19. The van der Waals surface area contributed by atoms with Gasteiger partial charge in [-0.15, -0.1) is 0 Å². The van der Waals surface area contributed by atoms with E-state index in [-0.39, 0.29) is 22.6 Å². The van der Waals surface area contributed by atoms with E-state index in [9.17, 15) is 18.3 Å². The molecule has 6 nitrogen and oxygen atoms in total. The molecule has 0 aliphatic carbocycles. The molecule has 0 bridgehead atoms. The summed E-state index contributed by atoms with van der Waals surface area (Å²) in [6.07, 6.45) is 0. The quantitative estimate of drug-likeness (QED) is 0.649. The van der Waals surface area contributed by atoms with Crippen LogP contribution in [0.3, 0.4) is 0 Å². The maximum Gasteiger partial charge on any atom is 0.264 e. The molecule has 0 heterocycles. The molecule has 3 aromatic carbocycles. The molecule has 0 fully saturated rings. The largest absolute Gasteiger partial charge is 0.508 e. The summed E-state index contributed by atoms with van der Waals surface area (Å²) >= 11 is 0. The third-order valence-corrected chi connectivity index (χ3v) is 6.41. The van der Waals surface area contributed by atoms with Gasteiger partial charge in [0.05, 0.1) is 16.6 Å². The molecule has 0 saturated heterocycles. The molecule has 2 N–H and O–H groups in total. The molecule has 150 valence electrons. The van der Waals surface area contributed by atoms with Crippen molar-refractivity contribution in [3.63, 3.8) is 0 Å². The van der Waals surface area contributed by atoms with Crippen LogP contribution in [0.25, 0.3) is 0 Å². The molecule has 1 atom stereocenters. The Labute approximate surface area is 170 Å². The van der Waals surface area contributed by atoms with Gasteiger partial charge in [-0.05, 0) is 61.0 Å². The first kappa shape index (κ1) is 20.4. The highest BCUT2D eigenvalue weighted by atomic mass is 32.2. The molecule has 0 aliphatic heterocycles. The standard InChI is InChI=1S/C22H22N2O4S/c1-16(18-7-6-10-20(25)15-18)23-22(26)17-11-13-21(14-12-17)29(27,28)24(2)19-8-4-3-5-9-19/h3-16,25H,1-2H3,(H,23,26). The first-order valence-corrected chi connectivity index (χ1v) is 10.5. The number of nitrogens with zero attached hydrogens (tertiary/aromatic N) is 1. The van der Waals surface area contributed by atoms with Gasteiger partial charge >= 0.3 is 0 Å². The van der Waals surface area contributed by atoms with Crippen molar-refractivity contribution in [2.45, 2.75) is 17.9 Å². The number of benzene rings is 3. The van der Waals surface area contributed by atoms with Gasteiger partial charge in [0.2, 0.25) is 0 Å². The molecule has 1 amide bonds. The fraction of sp³-hybridized carbons (Fsp3) is 0.136. The first-order valence-electron chi connectivity index (χ1n) is 9.03. The zero-order chi connectivity index (χ0) is 21.0. The molecule has 0 radical (unpaired) electrons. The van der Waals surface area contributed by atoms with Gasteiger partial charge in [0, 0.05) is 12.6 Å². The van der Waals surface area contributed by atoms with Crippen molar-refractivity contribution in [3.05, 3.63) is 90.0 Å². The minimum atomic E-state index is -3.73. The smallest absolute Gasteiger partial charge is 0.264 e. The van der Waals surface area contributed by atoms with Crippen LogP contribution < -0.4 is 9.62 Å². The number of carbonyl (C=O) groups is 1. The summed E-state index contributed by atoms with van der Waals surface area (Å²) in [5.41, 5.74) is 1.66. The lowest BCUT2D eigenvalue weighted by Crippen LogP contribution is -2.28. The van der Waals surface area contributed by atoms with Gasteiger partial charge in [0.25, 0.3) is 15.9 Å². The molecule has 1 unspecified atom stereocenters. The highest BCUT2D eigenvalue weighted by Crippen LogP contribution is 2.22. The van der Waals surface area contributed by atoms with Gasteiger partial charge in [-0.1, -0.05) is 30.3 Å². The van der Waals surface area contributed by atoms with E-state index >= 15 is 0 Å². The fourth-order valence-corrected chi connectivity index (χ4v) is 4.07. The van der Waals surface area contributed by atoms with E-state index in [0.717, 1.165) is 5.56 Å². The van der Waals surface area contributed by atoms with E-state index in [1.54, 1.807) is 55.5 Å². The Morgan fingerprint density at radius 1 is 0.966 bits per heavy atom. The van der Waals surface area contributed by atoms with Gasteiger partial charge < -0.3 is 10.4 Å². The Hall–Kier alpha value is -3.32. The van der Waals surface area contributed by atoms with Gasteiger partial charge in [0.1, 0.15) is 5.75 Å². The minimum absolute atomic E-state index is 0.0985. The molecule has 0 aromatic heterocycles. The van der Waals surface area contributed by atoms with Crippen LogP contribution in [0.2, 0.25) is 0 Å². The highest BCUT2D eigenvalue weighted by molar-refractivity contribution is 7.92. The van der Waals surface area contributed by atoms with Gasteiger partial charge in [-0.3, -0.25) is 9.10 Å². The second-order valence-electron chi connectivity index (χ2n) is 6.62. The molecule has 0 saturated carbocycles. The third kappa shape index (κ3) is 4.57. The Morgan fingerprint density at radius 3 is 2.24 bits per heavy atom. The number of para-hydroxylation sites is 1. The van der Waals surface area contributed by atoms with E-state index in [2.05, 4.69) is 5.32 Å². The summed E-state index contributed by atoms with van der Waals surface area (Å²) in [4.78, 5) is 12.6. The number of rotatable bonds is 6. The summed E-state index contributed by atoms with van der Waals surface area (Å²) in [5.74, 6) is -0.207. The first-order chi connectivity index (χ1) is 13.8. The Bertz CT molecular complexity index is 1100. The number of sulfonamides is 1. The van der Waals surface area contributed by atoms with E-state index in [1.807, 2.05) is 6.07 Å². The summed E-state index contributed by atoms with van der Waals surface area (Å²) < 4.78 is 26.8. The summed E-state index contributed by atoms with van der Waals surface area (Å²) in [5, 5.41) is 12.4. The van der Waals surface area contributed by atoms with Crippen molar-refractivity contribution < 1.29 is 18.3 Å². The van der Waals surface area contributed by atoms with Crippen LogP contribution in [0.15, 0.2) is 83.8 Å². The van der Waals surface area contributed by atoms with Crippen molar-refractivity contribution in [1.29, 1.82) is 0 Å². The van der Waals surface area contributed by atoms with E-state index in [0.29, 0.717) is 11.3 Å². The Morgan fingerprint density at radius 2 is 1.62 bits per heavy atom.